The smallest absolute Gasteiger partial charge is 0.252 e. The van der Waals surface area contributed by atoms with Crippen LogP contribution in [0.4, 0.5) is 14.5 Å². The molecular formula is C16H15F2N3O2. The molecule has 0 bridgehead atoms. The molecule has 0 aliphatic carbocycles. The number of nitrogens with one attached hydrogen (secondary N) is 1. The first-order chi connectivity index (χ1) is 11.0. The summed E-state index contributed by atoms with van der Waals surface area (Å²) < 4.78 is 26.3. The maximum atomic E-state index is 13.3. The third-order valence-electron chi connectivity index (χ3n) is 3.14. The molecule has 1 aromatic carbocycles. The lowest BCUT2D eigenvalue weighted by Gasteiger charge is -2.21. The number of hydrogen-bond donors (Lipinski definition) is 1. The number of rotatable bonds is 5. The minimum atomic E-state index is -1.03. The van der Waals surface area contributed by atoms with Crippen molar-refractivity contribution in [2.24, 2.45) is 0 Å². The molecule has 2 rings (SSSR count). The van der Waals surface area contributed by atoms with Crippen LogP contribution in [0.15, 0.2) is 42.7 Å². The first-order valence-corrected chi connectivity index (χ1v) is 6.90. The fraction of sp³-hybridized carbons (Fsp3) is 0.188. The van der Waals surface area contributed by atoms with Crippen LogP contribution < -0.4 is 10.2 Å². The van der Waals surface area contributed by atoms with Crippen molar-refractivity contribution in [1.82, 2.24) is 10.3 Å². The van der Waals surface area contributed by atoms with E-state index < -0.39 is 11.6 Å². The molecule has 5 nitrogen and oxygen atoms in total. The van der Waals surface area contributed by atoms with Crippen molar-refractivity contribution in [3.05, 3.63) is 59.9 Å². The van der Waals surface area contributed by atoms with Gasteiger partial charge in [-0.3, -0.25) is 14.6 Å². The molecule has 23 heavy (non-hydrogen) atoms. The summed E-state index contributed by atoms with van der Waals surface area (Å²) in [4.78, 5) is 28.6. The summed E-state index contributed by atoms with van der Waals surface area (Å²) in [6.07, 6.45) is 2.98. The normalized spacial score (nSPS) is 10.2. The Bertz CT molecular complexity index is 708. The highest BCUT2D eigenvalue weighted by atomic mass is 19.2. The zero-order valence-electron chi connectivity index (χ0n) is 12.4. The monoisotopic (exact) mass is 319 g/mol. The van der Waals surface area contributed by atoms with Crippen LogP contribution in [0, 0.1) is 11.6 Å². The molecule has 1 N–H and O–H groups in total. The lowest BCUT2D eigenvalue weighted by Crippen LogP contribution is -2.37. The van der Waals surface area contributed by atoms with E-state index >= 15 is 0 Å². The zero-order valence-corrected chi connectivity index (χ0v) is 12.4. The highest BCUT2D eigenvalue weighted by Crippen LogP contribution is 2.17. The zero-order chi connectivity index (χ0) is 16.8. The van der Waals surface area contributed by atoms with Crippen molar-refractivity contribution < 1.29 is 18.4 Å². The van der Waals surface area contributed by atoms with Crippen LogP contribution in [0.3, 0.4) is 0 Å². The van der Waals surface area contributed by atoms with Crippen molar-refractivity contribution in [1.29, 1.82) is 0 Å². The molecule has 1 aromatic heterocycles. The molecule has 0 aliphatic rings. The summed E-state index contributed by atoms with van der Waals surface area (Å²) in [5.41, 5.74) is 0.627. The van der Waals surface area contributed by atoms with E-state index in [0.29, 0.717) is 5.56 Å². The van der Waals surface area contributed by atoms with E-state index in [-0.39, 0.29) is 30.6 Å². The van der Waals surface area contributed by atoms with Gasteiger partial charge in [-0.1, -0.05) is 0 Å². The molecule has 0 radical (unpaired) electrons. The van der Waals surface area contributed by atoms with Crippen LogP contribution in [0.25, 0.3) is 0 Å². The molecule has 0 unspecified atom stereocenters. The van der Waals surface area contributed by atoms with Gasteiger partial charge in [0.1, 0.15) is 0 Å². The van der Waals surface area contributed by atoms with Crippen molar-refractivity contribution in [2.45, 2.75) is 6.92 Å². The van der Waals surface area contributed by atoms with E-state index in [2.05, 4.69) is 10.3 Å². The molecule has 2 amide bonds. The van der Waals surface area contributed by atoms with Gasteiger partial charge in [-0.2, -0.15) is 0 Å². The number of pyridine rings is 1. The lowest BCUT2D eigenvalue weighted by molar-refractivity contribution is -0.116. The van der Waals surface area contributed by atoms with E-state index in [1.807, 2.05) is 0 Å². The number of amides is 2. The van der Waals surface area contributed by atoms with Gasteiger partial charge in [0.05, 0.1) is 5.56 Å². The molecule has 7 heteroatoms. The fourth-order valence-electron chi connectivity index (χ4n) is 2.00. The molecule has 0 atom stereocenters. The first kappa shape index (κ1) is 16.5. The Kier molecular flexibility index (Phi) is 5.35. The molecule has 120 valence electrons. The van der Waals surface area contributed by atoms with Gasteiger partial charge in [0.2, 0.25) is 5.91 Å². The molecular weight excluding hydrogens is 304 g/mol. The third kappa shape index (κ3) is 4.32. The van der Waals surface area contributed by atoms with E-state index in [1.165, 1.54) is 24.1 Å². The molecule has 2 aromatic rings. The Morgan fingerprint density at radius 3 is 2.61 bits per heavy atom. The summed E-state index contributed by atoms with van der Waals surface area (Å²) in [6.45, 7) is 1.60. The Hall–Kier alpha value is -2.83. The highest BCUT2D eigenvalue weighted by Gasteiger charge is 2.14. The molecule has 0 saturated carbocycles. The Balaban J connectivity index is 1.99. The van der Waals surface area contributed by atoms with Gasteiger partial charge in [0, 0.05) is 44.2 Å². The minimum Gasteiger partial charge on any atom is -0.350 e. The SMILES string of the molecule is CC(=O)N(CCNC(=O)c1cccnc1)c1ccc(F)c(F)c1. The number of halogens is 2. The van der Waals surface area contributed by atoms with Gasteiger partial charge < -0.3 is 10.2 Å². The number of hydrogen-bond acceptors (Lipinski definition) is 3. The van der Waals surface area contributed by atoms with Crippen molar-refractivity contribution >= 4 is 17.5 Å². The average molecular weight is 319 g/mol. The van der Waals surface area contributed by atoms with Crippen molar-refractivity contribution in [3.8, 4) is 0 Å². The lowest BCUT2D eigenvalue weighted by atomic mass is 10.2. The van der Waals surface area contributed by atoms with Crippen LogP contribution in [-0.4, -0.2) is 29.9 Å². The van der Waals surface area contributed by atoms with E-state index in [0.717, 1.165) is 12.1 Å². The third-order valence-corrected chi connectivity index (χ3v) is 3.14. The summed E-state index contributed by atoms with van der Waals surface area (Å²) in [7, 11) is 0. The number of carbonyl (C=O) groups is 2. The predicted molar refractivity (Wildman–Crippen MR) is 81.0 cm³/mol. The minimum absolute atomic E-state index is 0.131. The van der Waals surface area contributed by atoms with Crippen molar-refractivity contribution in [2.75, 3.05) is 18.0 Å². The summed E-state index contributed by atoms with van der Waals surface area (Å²) in [5, 5.41) is 2.64. The van der Waals surface area contributed by atoms with E-state index in [4.69, 9.17) is 0 Å². The van der Waals surface area contributed by atoms with Gasteiger partial charge in [-0.05, 0) is 24.3 Å². The van der Waals surface area contributed by atoms with Crippen molar-refractivity contribution in [3.63, 3.8) is 0 Å². The van der Waals surface area contributed by atoms with Gasteiger partial charge in [-0.15, -0.1) is 0 Å². The Labute approximate surface area is 131 Å². The van der Waals surface area contributed by atoms with Gasteiger partial charge in [0.25, 0.3) is 5.91 Å². The molecule has 0 spiro atoms. The quantitative estimate of drug-likeness (QED) is 0.918. The van der Waals surface area contributed by atoms with Crippen LogP contribution >= 0.6 is 0 Å². The fourth-order valence-corrected chi connectivity index (χ4v) is 2.00. The second-order valence-corrected chi connectivity index (χ2v) is 4.77. The summed E-state index contributed by atoms with van der Waals surface area (Å²) in [5.74, 6) is -2.69. The summed E-state index contributed by atoms with van der Waals surface area (Å²) in [6, 6.07) is 6.45. The standard InChI is InChI=1S/C16H15F2N3O2/c1-11(22)21(13-4-5-14(17)15(18)9-13)8-7-20-16(23)12-3-2-6-19-10-12/h2-6,9-10H,7-8H2,1H3,(H,20,23). The van der Waals surface area contributed by atoms with Crippen LogP contribution in [0.1, 0.15) is 17.3 Å². The first-order valence-electron chi connectivity index (χ1n) is 6.90. The number of anilines is 1. The maximum Gasteiger partial charge on any atom is 0.252 e. The predicted octanol–water partition coefficient (Wildman–Crippen LogP) is 2.14. The molecule has 1 heterocycles. The van der Waals surface area contributed by atoms with Gasteiger partial charge in [-0.25, -0.2) is 8.78 Å². The van der Waals surface area contributed by atoms with Crippen LogP contribution in [0.2, 0.25) is 0 Å². The van der Waals surface area contributed by atoms with Gasteiger partial charge >= 0.3 is 0 Å². The largest absolute Gasteiger partial charge is 0.350 e. The number of carbonyl (C=O) groups excluding carboxylic acids is 2. The number of benzene rings is 1. The molecule has 0 fully saturated rings. The molecule has 0 saturated heterocycles. The van der Waals surface area contributed by atoms with Gasteiger partial charge in [0.15, 0.2) is 11.6 Å². The van der Waals surface area contributed by atoms with E-state index in [1.54, 1.807) is 18.3 Å². The topological polar surface area (TPSA) is 62.3 Å². The molecule has 0 aliphatic heterocycles. The Morgan fingerprint density at radius 1 is 1.22 bits per heavy atom. The van der Waals surface area contributed by atoms with E-state index in [9.17, 15) is 18.4 Å². The van der Waals surface area contributed by atoms with Crippen LogP contribution in [-0.2, 0) is 4.79 Å². The summed E-state index contributed by atoms with van der Waals surface area (Å²) >= 11 is 0. The average Bonchev–Trinajstić information content (AvgIpc) is 2.54. The Morgan fingerprint density at radius 2 is 2.00 bits per heavy atom. The second-order valence-electron chi connectivity index (χ2n) is 4.77. The second kappa shape index (κ2) is 7.44. The number of aromatic nitrogens is 1. The highest BCUT2D eigenvalue weighted by molar-refractivity contribution is 5.94. The van der Waals surface area contributed by atoms with Crippen LogP contribution in [0.5, 0.6) is 0 Å². The number of nitrogens with zero attached hydrogens (tertiary/aromatic N) is 2. The maximum absolute atomic E-state index is 13.3.